The van der Waals surface area contributed by atoms with Crippen LogP contribution in [0.25, 0.3) is 0 Å². The number of anilines is 4. The van der Waals surface area contributed by atoms with Gasteiger partial charge in [-0.2, -0.15) is 4.98 Å². The van der Waals surface area contributed by atoms with Crippen LogP contribution >= 0.6 is 0 Å². The predicted octanol–water partition coefficient (Wildman–Crippen LogP) is 4.30. The quantitative estimate of drug-likeness (QED) is 0.560. The largest absolute Gasteiger partial charge is 0.366 e. The Bertz CT molecular complexity index is 1260. The molecule has 0 spiro atoms. The average molecular weight is 504 g/mol. The highest BCUT2D eigenvalue weighted by Crippen LogP contribution is 2.30. The molecule has 0 atom stereocenters. The van der Waals surface area contributed by atoms with E-state index in [1.54, 1.807) is 6.07 Å². The van der Waals surface area contributed by atoms with Crippen molar-refractivity contribution in [3.05, 3.63) is 71.2 Å². The number of fused-ring (bicyclic) bond motifs is 1. The third kappa shape index (κ3) is 5.30. The van der Waals surface area contributed by atoms with Crippen LogP contribution in [0.2, 0.25) is 0 Å². The van der Waals surface area contributed by atoms with Gasteiger partial charge in [0.2, 0.25) is 5.95 Å². The number of benzene rings is 2. The van der Waals surface area contributed by atoms with Gasteiger partial charge in [0, 0.05) is 64.0 Å². The minimum absolute atomic E-state index is 0.118. The number of carbonyl (C=O) groups is 1. The van der Waals surface area contributed by atoms with Crippen molar-refractivity contribution in [2.75, 3.05) is 66.3 Å². The molecule has 194 valence electrons. The van der Waals surface area contributed by atoms with Gasteiger partial charge < -0.3 is 24.9 Å². The Balaban J connectivity index is 1.32. The summed E-state index contributed by atoms with van der Waals surface area (Å²) in [6.45, 7) is 8.80. The second kappa shape index (κ2) is 10.6. The lowest BCUT2D eigenvalue weighted by Gasteiger charge is -2.37. The molecule has 0 aliphatic carbocycles. The number of hydrogen-bond acceptors (Lipinski definition) is 6. The minimum Gasteiger partial charge on any atom is -0.366 e. The van der Waals surface area contributed by atoms with E-state index in [0.717, 1.165) is 34.9 Å². The normalized spacial score (nSPS) is 15.4. The lowest BCUT2D eigenvalue weighted by atomic mass is 10.1. The van der Waals surface area contributed by atoms with Crippen molar-refractivity contribution in [1.82, 2.24) is 14.9 Å². The molecule has 1 saturated heterocycles. The highest BCUT2D eigenvalue weighted by atomic mass is 19.1. The highest BCUT2D eigenvalue weighted by molar-refractivity contribution is 5.89. The highest BCUT2D eigenvalue weighted by Gasteiger charge is 2.29. The Hall–Kier alpha value is -3.88. The van der Waals surface area contributed by atoms with Crippen LogP contribution in [0.4, 0.5) is 32.3 Å². The van der Waals surface area contributed by atoms with Crippen LogP contribution < -0.4 is 20.0 Å². The summed E-state index contributed by atoms with van der Waals surface area (Å²) in [5.41, 5.74) is 4.58. The molecule has 0 unspecified atom stereocenters. The molecule has 3 aromatic rings. The number of aromatic nitrogens is 2. The molecule has 1 fully saturated rings. The van der Waals surface area contributed by atoms with Crippen molar-refractivity contribution in [1.29, 1.82) is 0 Å². The van der Waals surface area contributed by atoms with Crippen LogP contribution in [0.1, 0.15) is 23.7 Å². The molecule has 8 nitrogen and oxygen atoms in total. The molecule has 9 heteroatoms. The lowest BCUT2D eigenvalue weighted by Crippen LogP contribution is -2.48. The smallest absolute Gasteiger partial charge is 0.322 e. The number of para-hydroxylation sites is 1. The van der Waals surface area contributed by atoms with E-state index in [-0.39, 0.29) is 11.8 Å². The number of rotatable bonds is 5. The Morgan fingerprint density at radius 2 is 1.70 bits per heavy atom. The Kier molecular flexibility index (Phi) is 7.12. The zero-order valence-electron chi connectivity index (χ0n) is 21.7. The molecule has 2 aliphatic rings. The van der Waals surface area contributed by atoms with Gasteiger partial charge in [0.1, 0.15) is 11.6 Å². The van der Waals surface area contributed by atoms with Gasteiger partial charge in [0.15, 0.2) is 0 Å². The number of amides is 2. The summed E-state index contributed by atoms with van der Waals surface area (Å²) < 4.78 is 14.3. The van der Waals surface area contributed by atoms with Gasteiger partial charge in [-0.15, -0.1) is 0 Å². The summed E-state index contributed by atoms with van der Waals surface area (Å²) in [5.74, 6) is 1.38. The second-order valence-corrected chi connectivity index (χ2v) is 9.68. The number of nitrogens with one attached hydrogen (secondary N) is 1. The Morgan fingerprint density at radius 1 is 1.00 bits per heavy atom. The third-order valence-electron chi connectivity index (χ3n) is 7.21. The number of aryl methyl sites for hydroxylation is 1. The van der Waals surface area contributed by atoms with E-state index in [2.05, 4.69) is 26.9 Å². The third-order valence-corrected chi connectivity index (χ3v) is 7.21. The maximum Gasteiger partial charge on any atom is 0.322 e. The molecule has 3 heterocycles. The standard InChI is InChI=1S/C28H34FN7O/c1-4-33(3)26-22-19-36(28(37)30-21-11-9-20(2)10-12-21)14-13-24(22)31-27(32-26)35-17-15-34(16-18-35)25-8-6-5-7-23(25)29/h5-12H,4,13-19H2,1-3H3,(H,30,37). The number of urea groups is 1. The SMILES string of the molecule is CCN(C)c1nc(N2CCN(c3ccccc3F)CC2)nc2c1CN(C(=O)Nc1ccc(C)cc1)CC2. The molecule has 2 aliphatic heterocycles. The summed E-state index contributed by atoms with van der Waals surface area (Å²) in [6.07, 6.45) is 0.673. The summed E-state index contributed by atoms with van der Waals surface area (Å²) >= 11 is 0. The molecular weight excluding hydrogens is 469 g/mol. The fourth-order valence-corrected chi connectivity index (χ4v) is 4.86. The van der Waals surface area contributed by atoms with Crippen LogP contribution in [0.15, 0.2) is 48.5 Å². The molecule has 37 heavy (non-hydrogen) atoms. The van der Waals surface area contributed by atoms with E-state index in [9.17, 15) is 9.18 Å². The first-order chi connectivity index (χ1) is 17.9. The Morgan fingerprint density at radius 3 is 2.41 bits per heavy atom. The van der Waals surface area contributed by atoms with E-state index in [0.29, 0.717) is 57.3 Å². The summed E-state index contributed by atoms with van der Waals surface area (Å²) in [4.78, 5) is 31.1. The average Bonchev–Trinajstić information content (AvgIpc) is 2.93. The first kappa shape index (κ1) is 24.8. The fourth-order valence-electron chi connectivity index (χ4n) is 4.86. The van der Waals surface area contributed by atoms with Crippen LogP contribution in [0.3, 0.4) is 0 Å². The number of carbonyl (C=O) groups excluding carboxylic acids is 1. The molecule has 5 rings (SSSR count). The van der Waals surface area contributed by atoms with Crippen molar-refractivity contribution >= 4 is 29.2 Å². The van der Waals surface area contributed by atoms with Gasteiger partial charge in [0.25, 0.3) is 0 Å². The predicted molar refractivity (Wildman–Crippen MR) is 146 cm³/mol. The lowest BCUT2D eigenvalue weighted by molar-refractivity contribution is 0.206. The van der Waals surface area contributed by atoms with Crippen molar-refractivity contribution in [2.45, 2.75) is 26.8 Å². The van der Waals surface area contributed by atoms with Crippen molar-refractivity contribution < 1.29 is 9.18 Å². The van der Waals surface area contributed by atoms with E-state index < -0.39 is 0 Å². The zero-order valence-corrected chi connectivity index (χ0v) is 21.7. The van der Waals surface area contributed by atoms with Crippen LogP contribution in [0.5, 0.6) is 0 Å². The topological polar surface area (TPSA) is 67.8 Å². The molecular formula is C28H34FN7O. The van der Waals surface area contributed by atoms with Crippen LogP contribution in [-0.2, 0) is 13.0 Å². The van der Waals surface area contributed by atoms with Gasteiger partial charge in [-0.1, -0.05) is 29.8 Å². The van der Waals surface area contributed by atoms with Crippen LogP contribution in [-0.4, -0.2) is 67.2 Å². The number of nitrogens with zero attached hydrogens (tertiary/aromatic N) is 6. The van der Waals surface area contributed by atoms with Gasteiger partial charge >= 0.3 is 6.03 Å². The van der Waals surface area contributed by atoms with E-state index in [1.165, 1.54) is 6.07 Å². The first-order valence-corrected chi connectivity index (χ1v) is 12.9. The molecule has 0 saturated carbocycles. The fraction of sp³-hybridized carbons (Fsp3) is 0.393. The van der Waals surface area contributed by atoms with Gasteiger partial charge in [-0.3, -0.25) is 0 Å². The van der Waals surface area contributed by atoms with Crippen molar-refractivity contribution in [2.24, 2.45) is 0 Å². The summed E-state index contributed by atoms with van der Waals surface area (Å²) in [7, 11) is 2.02. The number of piperazine rings is 1. The first-order valence-electron chi connectivity index (χ1n) is 12.9. The van der Waals surface area contributed by atoms with Crippen molar-refractivity contribution in [3.63, 3.8) is 0 Å². The molecule has 1 aromatic heterocycles. The molecule has 1 N–H and O–H groups in total. The summed E-state index contributed by atoms with van der Waals surface area (Å²) in [5, 5.41) is 3.01. The monoisotopic (exact) mass is 503 g/mol. The van der Waals surface area contributed by atoms with Gasteiger partial charge in [-0.25, -0.2) is 14.2 Å². The number of hydrogen-bond donors (Lipinski definition) is 1. The van der Waals surface area contributed by atoms with Crippen molar-refractivity contribution in [3.8, 4) is 0 Å². The molecule has 2 aromatic carbocycles. The second-order valence-electron chi connectivity index (χ2n) is 9.68. The Labute approximate surface area is 217 Å². The van der Waals surface area contributed by atoms with Gasteiger partial charge in [-0.05, 0) is 38.1 Å². The van der Waals surface area contributed by atoms with E-state index in [4.69, 9.17) is 9.97 Å². The maximum absolute atomic E-state index is 14.3. The number of halogens is 1. The van der Waals surface area contributed by atoms with Gasteiger partial charge in [0.05, 0.1) is 17.9 Å². The maximum atomic E-state index is 14.3. The molecule has 2 amide bonds. The zero-order chi connectivity index (χ0) is 25.9. The molecule has 0 radical (unpaired) electrons. The van der Waals surface area contributed by atoms with Crippen LogP contribution in [0, 0.1) is 12.7 Å². The summed E-state index contributed by atoms with van der Waals surface area (Å²) in [6, 6.07) is 14.6. The molecule has 0 bridgehead atoms. The van der Waals surface area contributed by atoms with E-state index in [1.807, 2.05) is 55.3 Å². The van der Waals surface area contributed by atoms with E-state index >= 15 is 0 Å². The minimum atomic E-state index is -0.191.